The predicted molar refractivity (Wildman–Crippen MR) is 203 cm³/mol. The maximum atomic E-state index is 2.48. The Labute approximate surface area is 278 Å². The second-order valence-corrected chi connectivity index (χ2v) is 12.6. The van der Waals surface area contributed by atoms with Crippen LogP contribution in [0.3, 0.4) is 0 Å². The summed E-state index contributed by atoms with van der Waals surface area (Å²) in [5.41, 5.74) is 12.1. The van der Waals surface area contributed by atoms with Gasteiger partial charge in [-0.2, -0.15) is 0 Å². The maximum Gasteiger partial charge on any atom is 0.0788 e. The van der Waals surface area contributed by atoms with Crippen LogP contribution < -0.4 is 0 Å². The number of benzene rings is 8. The molecule has 0 amide bonds. The molecule has 224 valence electrons. The van der Waals surface area contributed by atoms with E-state index in [9.17, 15) is 0 Å². The summed E-state index contributed by atoms with van der Waals surface area (Å²) in [6.07, 6.45) is 0. The highest BCUT2D eigenvalue weighted by atomic mass is 15.0. The quantitative estimate of drug-likeness (QED) is 0.188. The molecular weight excluding hydrogens is 581 g/mol. The zero-order valence-corrected chi connectivity index (χ0v) is 26.2. The van der Waals surface area contributed by atoms with Gasteiger partial charge in [0.2, 0.25) is 0 Å². The van der Waals surface area contributed by atoms with Gasteiger partial charge in [-0.1, -0.05) is 146 Å². The third-order valence-corrected chi connectivity index (χ3v) is 9.91. The molecule has 10 aromatic rings. The van der Waals surface area contributed by atoms with E-state index in [2.05, 4.69) is 191 Å². The van der Waals surface area contributed by atoms with Crippen LogP contribution in [0, 0.1) is 0 Å². The summed E-state index contributed by atoms with van der Waals surface area (Å²) in [5.74, 6) is 0. The molecule has 2 aromatic heterocycles. The minimum absolute atomic E-state index is 1.15. The molecule has 0 saturated heterocycles. The minimum Gasteiger partial charge on any atom is -0.307 e. The van der Waals surface area contributed by atoms with Crippen molar-refractivity contribution in [3.8, 4) is 33.6 Å². The van der Waals surface area contributed by atoms with Gasteiger partial charge in [-0.3, -0.25) is 0 Å². The van der Waals surface area contributed by atoms with E-state index in [1.165, 1.54) is 76.6 Å². The van der Waals surface area contributed by atoms with Gasteiger partial charge in [0.15, 0.2) is 0 Å². The van der Waals surface area contributed by atoms with Crippen molar-refractivity contribution >= 4 is 54.4 Å². The van der Waals surface area contributed by atoms with Crippen LogP contribution in [0.15, 0.2) is 182 Å². The van der Waals surface area contributed by atoms with Gasteiger partial charge in [-0.05, 0) is 69.4 Å². The van der Waals surface area contributed by atoms with Crippen LogP contribution in [0.1, 0.15) is 0 Å². The van der Waals surface area contributed by atoms with E-state index in [4.69, 9.17) is 0 Å². The fourth-order valence-electron chi connectivity index (χ4n) is 7.75. The van der Waals surface area contributed by atoms with Crippen molar-refractivity contribution in [2.75, 3.05) is 0 Å². The minimum atomic E-state index is 1.15. The number of hydrogen-bond acceptors (Lipinski definition) is 0. The molecule has 0 saturated carbocycles. The number of para-hydroxylation sites is 2. The van der Waals surface area contributed by atoms with Crippen molar-refractivity contribution in [1.29, 1.82) is 0 Å². The summed E-state index contributed by atoms with van der Waals surface area (Å²) >= 11 is 0. The normalized spacial score (nSPS) is 11.8. The molecule has 0 radical (unpaired) electrons. The molecule has 0 fully saturated rings. The Morgan fingerprint density at radius 3 is 1.44 bits per heavy atom. The Hall–Kier alpha value is -6.38. The fraction of sp³-hybridized carbons (Fsp3) is 0. The number of aromatic nitrogens is 2. The topological polar surface area (TPSA) is 9.86 Å². The molecule has 0 spiro atoms. The van der Waals surface area contributed by atoms with Crippen LogP contribution in [0.25, 0.3) is 88.0 Å². The molecule has 2 heteroatoms. The van der Waals surface area contributed by atoms with Crippen LogP contribution in [-0.2, 0) is 0 Å². The lowest BCUT2D eigenvalue weighted by atomic mass is 9.98. The number of nitrogens with zero attached hydrogens (tertiary/aromatic N) is 2. The number of fused-ring (bicyclic) bond motifs is 8. The zero-order valence-electron chi connectivity index (χ0n) is 26.2. The predicted octanol–water partition coefficient (Wildman–Crippen LogP) is 12.4. The SMILES string of the molecule is c1ccc(-c2ccc(-n3c4ccccc4c4ccc5c6ccccc6n(-c6ccc7c(-c8ccccc8)cccc7c6)c5c43)cc2)cc1. The van der Waals surface area contributed by atoms with Gasteiger partial charge in [0.25, 0.3) is 0 Å². The van der Waals surface area contributed by atoms with Crippen LogP contribution in [0.2, 0.25) is 0 Å². The van der Waals surface area contributed by atoms with E-state index < -0.39 is 0 Å². The van der Waals surface area contributed by atoms with Crippen molar-refractivity contribution < 1.29 is 0 Å². The first-order valence-corrected chi connectivity index (χ1v) is 16.5. The first-order chi connectivity index (χ1) is 23.8. The second kappa shape index (κ2) is 10.6. The van der Waals surface area contributed by atoms with E-state index in [-0.39, 0.29) is 0 Å². The summed E-state index contributed by atoms with van der Waals surface area (Å²) in [7, 11) is 0. The van der Waals surface area contributed by atoms with Crippen molar-refractivity contribution in [3.63, 3.8) is 0 Å². The third kappa shape index (κ3) is 4.00. The van der Waals surface area contributed by atoms with Gasteiger partial charge in [-0.15, -0.1) is 0 Å². The van der Waals surface area contributed by atoms with Crippen LogP contribution >= 0.6 is 0 Å². The van der Waals surface area contributed by atoms with Gasteiger partial charge < -0.3 is 9.13 Å². The van der Waals surface area contributed by atoms with Crippen LogP contribution in [0.5, 0.6) is 0 Å². The summed E-state index contributed by atoms with van der Waals surface area (Å²) < 4.78 is 4.95. The Morgan fingerprint density at radius 1 is 0.292 bits per heavy atom. The van der Waals surface area contributed by atoms with E-state index in [0.29, 0.717) is 0 Å². The Balaban J connectivity index is 1.29. The molecule has 0 aliphatic carbocycles. The van der Waals surface area contributed by atoms with Crippen molar-refractivity contribution in [2.45, 2.75) is 0 Å². The highest BCUT2D eigenvalue weighted by Crippen LogP contribution is 2.42. The summed E-state index contributed by atoms with van der Waals surface area (Å²) in [5, 5.41) is 7.49. The largest absolute Gasteiger partial charge is 0.307 e. The van der Waals surface area contributed by atoms with Crippen LogP contribution in [0.4, 0.5) is 0 Å². The zero-order chi connectivity index (χ0) is 31.6. The second-order valence-electron chi connectivity index (χ2n) is 12.6. The first kappa shape index (κ1) is 26.8. The molecule has 0 aliphatic heterocycles. The maximum absolute atomic E-state index is 2.48. The molecule has 0 unspecified atom stereocenters. The molecule has 10 rings (SSSR count). The van der Waals surface area contributed by atoms with Crippen molar-refractivity contribution in [3.05, 3.63) is 182 Å². The van der Waals surface area contributed by atoms with Gasteiger partial charge in [0, 0.05) is 32.9 Å². The molecule has 0 aliphatic rings. The Kier molecular flexibility index (Phi) is 5.91. The van der Waals surface area contributed by atoms with Gasteiger partial charge in [0.05, 0.1) is 22.1 Å². The molecule has 0 atom stereocenters. The fourth-order valence-corrected chi connectivity index (χ4v) is 7.75. The van der Waals surface area contributed by atoms with E-state index in [1.807, 2.05) is 0 Å². The lowest BCUT2D eigenvalue weighted by molar-refractivity contribution is 1.15. The molecule has 8 aromatic carbocycles. The Morgan fingerprint density at radius 2 is 0.792 bits per heavy atom. The first-order valence-electron chi connectivity index (χ1n) is 16.5. The highest BCUT2D eigenvalue weighted by molar-refractivity contribution is 6.24. The highest BCUT2D eigenvalue weighted by Gasteiger charge is 2.21. The molecule has 2 nitrogen and oxygen atoms in total. The average Bonchev–Trinajstić information content (AvgIpc) is 3.68. The van der Waals surface area contributed by atoms with Crippen molar-refractivity contribution in [2.24, 2.45) is 0 Å². The average molecular weight is 611 g/mol. The summed E-state index contributed by atoms with van der Waals surface area (Å²) in [6.45, 7) is 0. The monoisotopic (exact) mass is 610 g/mol. The standard InChI is InChI=1S/C46H30N2/c1-3-12-31(13-4-1)32-22-24-35(25-23-32)47-43-20-9-7-17-39(43)41-28-29-42-40-18-8-10-21-44(40)48(46(42)45(41)47)36-26-27-38-34(30-36)16-11-19-37(38)33-14-5-2-6-15-33/h1-30H. The molecule has 0 N–H and O–H groups in total. The number of rotatable bonds is 4. The smallest absolute Gasteiger partial charge is 0.0788 e. The Bertz CT molecular complexity index is 2800. The van der Waals surface area contributed by atoms with E-state index in [1.54, 1.807) is 0 Å². The van der Waals surface area contributed by atoms with Crippen molar-refractivity contribution in [1.82, 2.24) is 9.13 Å². The van der Waals surface area contributed by atoms with E-state index >= 15 is 0 Å². The molecule has 0 bridgehead atoms. The molecule has 48 heavy (non-hydrogen) atoms. The summed E-state index contributed by atoms with van der Waals surface area (Å²) in [6, 6.07) is 66.2. The van der Waals surface area contributed by atoms with Crippen LogP contribution in [-0.4, -0.2) is 9.13 Å². The number of hydrogen-bond donors (Lipinski definition) is 0. The van der Waals surface area contributed by atoms with Gasteiger partial charge in [0.1, 0.15) is 0 Å². The van der Waals surface area contributed by atoms with Gasteiger partial charge in [-0.25, -0.2) is 0 Å². The van der Waals surface area contributed by atoms with Gasteiger partial charge >= 0.3 is 0 Å². The third-order valence-electron chi connectivity index (χ3n) is 9.91. The lowest BCUT2D eigenvalue weighted by Gasteiger charge is -2.14. The summed E-state index contributed by atoms with van der Waals surface area (Å²) in [4.78, 5) is 0. The molecular formula is C46H30N2. The van der Waals surface area contributed by atoms with E-state index in [0.717, 1.165) is 11.4 Å². The molecule has 2 heterocycles. The lowest BCUT2D eigenvalue weighted by Crippen LogP contribution is -1.99.